The summed E-state index contributed by atoms with van der Waals surface area (Å²) in [5.41, 5.74) is 2.70. The molecule has 0 aliphatic heterocycles. The molecule has 0 saturated heterocycles. The average molecular weight is 396 g/mol. The van der Waals surface area contributed by atoms with Crippen LogP contribution >= 0.6 is 15.9 Å². The van der Waals surface area contributed by atoms with Gasteiger partial charge in [-0.15, -0.1) is 0 Å². The molecule has 3 rings (SSSR count). The third kappa shape index (κ3) is 5.16. The monoisotopic (exact) mass is 395 g/mol. The molecule has 0 unspecified atom stereocenters. The lowest BCUT2D eigenvalue weighted by atomic mass is 10.1. The van der Waals surface area contributed by atoms with Crippen molar-refractivity contribution in [1.82, 2.24) is 10.3 Å². The number of benzene rings is 2. The number of halogens is 1. The molecular weight excluding hydrogens is 378 g/mol. The van der Waals surface area contributed by atoms with Crippen molar-refractivity contribution < 1.29 is 4.79 Å². The molecular formula is C20H18BrN3O. The Morgan fingerprint density at radius 2 is 1.76 bits per heavy atom. The van der Waals surface area contributed by atoms with Crippen LogP contribution in [-0.2, 0) is 6.42 Å². The minimum Gasteiger partial charge on any atom is -0.352 e. The minimum absolute atomic E-state index is 0.0998. The molecule has 0 bridgehead atoms. The highest BCUT2D eigenvalue weighted by atomic mass is 79.9. The van der Waals surface area contributed by atoms with E-state index in [4.69, 9.17) is 0 Å². The maximum atomic E-state index is 12.3. The first-order valence-electron chi connectivity index (χ1n) is 8.01. The minimum atomic E-state index is -0.0998. The lowest BCUT2D eigenvalue weighted by Gasteiger charge is -2.08. The molecule has 0 spiro atoms. The maximum Gasteiger partial charge on any atom is 0.251 e. The van der Waals surface area contributed by atoms with E-state index in [0.29, 0.717) is 17.9 Å². The van der Waals surface area contributed by atoms with Gasteiger partial charge in [-0.2, -0.15) is 0 Å². The summed E-state index contributed by atoms with van der Waals surface area (Å²) < 4.78 is 1.01. The van der Waals surface area contributed by atoms with Crippen molar-refractivity contribution >= 4 is 33.3 Å². The summed E-state index contributed by atoms with van der Waals surface area (Å²) >= 11 is 3.41. The molecule has 0 aliphatic rings. The van der Waals surface area contributed by atoms with Gasteiger partial charge in [0.25, 0.3) is 5.91 Å². The van der Waals surface area contributed by atoms with Gasteiger partial charge in [-0.1, -0.05) is 46.3 Å². The highest BCUT2D eigenvalue weighted by Gasteiger charge is 2.07. The second-order valence-electron chi connectivity index (χ2n) is 5.55. The molecule has 5 heteroatoms. The van der Waals surface area contributed by atoms with Crippen LogP contribution in [0.5, 0.6) is 0 Å². The van der Waals surface area contributed by atoms with Crippen molar-refractivity contribution in [2.75, 3.05) is 11.9 Å². The van der Waals surface area contributed by atoms with Gasteiger partial charge in [-0.25, -0.2) is 4.98 Å². The summed E-state index contributed by atoms with van der Waals surface area (Å²) in [7, 11) is 0. The van der Waals surface area contributed by atoms with Crippen LogP contribution in [0.1, 0.15) is 15.9 Å². The summed E-state index contributed by atoms with van der Waals surface area (Å²) in [6.45, 7) is 0.598. The first kappa shape index (κ1) is 17.2. The summed E-state index contributed by atoms with van der Waals surface area (Å²) in [5.74, 6) is 0.537. The van der Waals surface area contributed by atoms with Crippen LogP contribution in [0.4, 0.5) is 11.5 Å². The molecule has 126 valence electrons. The molecule has 0 fully saturated rings. The fourth-order valence-corrected chi connectivity index (χ4v) is 2.65. The molecule has 2 N–H and O–H groups in total. The first-order valence-corrected chi connectivity index (χ1v) is 8.81. The van der Waals surface area contributed by atoms with Crippen LogP contribution < -0.4 is 10.6 Å². The third-order valence-corrected chi connectivity index (χ3v) is 4.21. The Hall–Kier alpha value is -2.66. The van der Waals surface area contributed by atoms with E-state index >= 15 is 0 Å². The van der Waals surface area contributed by atoms with Crippen LogP contribution in [0.2, 0.25) is 0 Å². The quantitative estimate of drug-likeness (QED) is 0.642. The first-order chi connectivity index (χ1) is 12.2. The number of hydrogen-bond acceptors (Lipinski definition) is 3. The van der Waals surface area contributed by atoms with E-state index in [-0.39, 0.29) is 5.91 Å². The van der Waals surface area contributed by atoms with Gasteiger partial charge in [0.15, 0.2) is 0 Å². The Labute approximate surface area is 155 Å². The van der Waals surface area contributed by atoms with Crippen molar-refractivity contribution in [1.29, 1.82) is 0 Å². The SMILES string of the molecule is O=C(NCCc1ccccc1)c1ccnc(Nc2ccc(Br)cc2)c1. The van der Waals surface area contributed by atoms with E-state index in [1.165, 1.54) is 5.56 Å². The number of carbonyl (C=O) groups excluding carboxylic acids is 1. The summed E-state index contributed by atoms with van der Waals surface area (Å²) in [4.78, 5) is 16.6. The summed E-state index contributed by atoms with van der Waals surface area (Å²) in [6, 6.07) is 21.3. The van der Waals surface area contributed by atoms with Crippen LogP contribution in [0.3, 0.4) is 0 Å². The molecule has 25 heavy (non-hydrogen) atoms. The highest BCUT2D eigenvalue weighted by molar-refractivity contribution is 9.10. The Morgan fingerprint density at radius 1 is 1.00 bits per heavy atom. The normalized spacial score (nSPS) is 10.3. The number of nitrogens with zero attached hydrogens (tertiary/aromatic N) is 1. The summed E-state index contributed by atoms with van der Waals surface area (Å²) in [6.07, 6.45) is 2.44. The third-order valence-electron chi connectivity index (χ3n) is 3.68. The van der Waals surface area contributed by atoms with Gasteiger partial charge in [0.2, 0.25) is 0 Å². The number of amides is 1. The van der Waals surface area contributed by atoms with Crippen LogP contribution in [0.15, 0.2) is 77.4 Å². The van der Waals surface area contributed by atoms with Crippen molar-refractivity contribution in [3.8, 4) is 0 Å². The Bertz CT molecular complexity index is 835. The average Bonchev–Trinajstić information content (AvgIpc) is 2.65. The molecule has 4 nitrogen and oxygen atoms in total. The molecule has 3 aromatic rings. The number of rotatable bonds is 6. The van der Waals surface area contributed by atoms with Crippen molar-refractivity contribution in [2.24, 2.45) is 0 Å². The van der Waals surface area contributed by atoms with Gasteiger partial charge in [0.05, 0.1) is 0 Å². The smallest absolute Gasteiger partial charge is 0.251 e. The number of nitrogens with one attached hydrogen (secondary N) is 2. The second kappa shape index (κ2) is 8.44. The predicted octanol–water partition coefficient (Wildman–Crippen LogP) is 4.56. The number of carbonyl (C=O) groups is 1. The molecule has 1 amide bonds. The number of pyridine rings is 1. The van der Waals surface area contributed by atoms with E-state index < -0.39 is 0 Å². The van der Waals surface area contributed by atoms with Gasteiger partial charge in [-0.3, -0.25) is 4.79 Å². The van der Waals surface area contributed by atoms with Crippen molar-refractivity contribution in [3.63, 3.8) is 0 Å². The standard InChI is InChI=1S/C20H18BrN3O/c21-17-6-8-18(9-7-17)24-19-14-16(11-13-22-19)20(25)23-12-10-15-4-2-1-3-5-15/h1-9,11,13-14H,10,12H2,(H,22,24)(H,23,25). The van der Waals surface area contributed by atoms with Crippen LogP contribution in [0, 0.1) is 0 Å². The van der Waals surface area contributed by atoms with Gasteiger partial charge in [0, 0.05) is 28.5 Å². The van der Waals surface area contributed by atoms with E-state index in [2.05, 4.69) is 43.7 Å². The van der Waals surface area contributed by atoms with Gasteiger partial charge in [-0.05, 0) is 48.4 Å². The fraction of sp³-hybridized carbons (Fsp3) is 0.100. The zero-order valence-electron chi connectivity index (χ0n) is 13.6. The maximum absolute atomic E-state index is 12.3. The zero-order valence-corrected chi connectivity index (χ0v) is 15.2. The van der Waals surface area contributed by atoms with Crippen molar-refractivity contribution in [2.45, 2.75) is 6.42 Å². The Morgan fingerprint density at radius 3 is 2.52 bits per heavy atom. The summed E-state index contributed by atoms with van der Waals surface area (Å²) in [5, 5.41) is 6.14. The van der Waals surface area contributed by atoms with Crippen molar-refractivity contribution in [3.05, 3.63) is 88.5 Å². The predicted molar refractivity (Wildman–Crippen MR) is 104 cm³/mol. The topological polar surface area (TPSA) is 54.0 Å². The molecule has 0 aliphatic carbocycles. The van der Waals surface area contributed by atoms with E-state index in [1.54, 1.807) is 18.3 Å². The number of hydrogen-bond donors (Lipinski definition) is 2. The molecule has 0 atom stereocenters. The van der Waals surface area contributed by atoms with E-state index in [1.807, 2.05) is 42.5 Å². The number of aromatic nitrogens is 1. The lowest BCUT2D eigenvalue weighted by Crippen LogP contribution is -2.25. The Kier molecular flexibility index (Phi) is 5.80. The van der Waals surface area contributed by atoms with E-state index in [0.717, 1.165) is 16.6 Å². The second-order valence-corrected chi connectivity index (χ2v) is 6.47. The molecule has 2 aromatic carbocycles. The molecule has 0 saturated carbocycles. The van der Waals surface area contributed by atoms with Gasteiger partial charge in [0.1, 0.15) is 5.82 Å². The Balaban J connectivity index is 1.58. The van der Waals surface area contributed by atoms with Gasteiger partial charge < -0.3 is 10.6 Å². The molecule has 1 aromatic heterocycles. The lowest BCUT2D eigenvalue weighted by molar-refractivity contribution is 0.0954. The zero-order chi connectivity index (χ0) is 17.5. The van der Waals surface area contributed by atoms with Crippen LogP contribution in [0.25, 0.3) is 0 Å². The van der Waals surface area contributed by atoms with Gasteiger partial charge >= 0.3 is 0 Å². The molecule has 1 heterocycles. The number of anilines is 2. The van der Waals surface area contributed by atoms with Crippen LogP contribution in [-0.4, -0.2) is 17.4 Å². The highest BCUT2D eigenvalue weighted by Crippen LogP contribution is 2.18. The largest absolute Gasteiger partial charge is 0.352 e. The van der Waals surface area contributed by atoms with E-state index in [9.17, 15) is 4.79 Å². The molecule has 0 radical (unpaired) electrons. The fourth-order valence-electron chi connectivity index (χ4n) is 2.39.